The van der Waals surface area contributed by atoms with Gasteiger partial charge in [-0.05, 0) is 73.0 Å². The lowest BCUT2D eigenvalue weighted by molar-refractivity contribution is 0.0170. The van der Waals surface area contributed by atoms with Crippen molar-refractivity contribution in [3.8, 4) is 23.0 Å². The summed E-state index contributed by atoms with van der Waals surface area (Å²) in [6.45, 7) is 3.18. The number of sulfonamides is 1. The first-order valence-electron chi connectivity index (χ1n) is 13.0. The van der Waals surface area contributed by atoms with Gasteiger partial charge in [-0.25, -0.2) is 13.2 Å². The Bertz CT molecular complexity index is 1330. The van der Waals surface area contributed by atoms with Crippen LogP contribution in [-0.4, -0.2) is 50.0 Å². The summed E-state index contributed by atoms with van der Waals surface area (Å²) in [7, 11) is -3.88. The van der Waals surface area contributed by atoms with Crippen molar-refractivity contribution in [1.82, 2.24) is 4.31 Å². The third kappa shape index (κ3) is 7.64. The predicted molar refractivity (Wildman–Crippen MR) is 145 cm³/mol. The highest BCUT2D eigenvalue weighted by Gasteiger charge is 2.37. The van der Waals surface area contributed by atoms with Crippen LogP contribution >= 0.6 is 0 Å². The molecule has 0 saturated carbocycles. The standard InChI is InChI=1S/C29H33NO8S/c1-2-8-22-21-25(37-24-9-4-3-5-10-24)14-17-27(22)36-20-7-19-35-23-12-15-26(16-13-23)39(33,34)30-18-6-11-28(30)38-29(31)32/h3-5,9-10,12-17,21,28H,2,6-8,11,18-20H2,1H3,(H,31,32)/t28-/m1/s1. The van der Waals surface area contributed by atoms with E-state index in [1.807, 2.05) is 48.5 Å². The number of ether oxygens (including phenoxy) is 4. The summed E-state index contributed by atoms with van der Waals surface area (Å²) < 4.78 is 49.4. The fourth-order valence-electron chi connectivity index (χ4n) is 4.34. The van der Waals surface area contributed by atoms with Gasteiger partial charge in [0.15, 0.2) is 6.23 Å². The van der Waals surface area contributed by atoms with Crippen LogP contribution in [0.15, 0.2) is 77.7 Å². The third-order valence-corrected chi connectivity index (χ3v) is 8.07. The van der Waals surface area contributed by atoms with Gasteiger partial charge in [0, 0.05) is 19.4 Å². The fraction of sp³-hybridized carbons (Fsp3) is 0.345. The van der Waals surface area contributed by atoms with Gasteiger partial charge in [-0.15, -0.1) is 0 Å². The summed E-state index contributed by atoms with van der Waals surface area (Å²) in [6, 6.07) is 21.5. The number of nitrogens with zero attached hydrogens (tertiary/aromatic N) is 1. The summed E-state index contributed by atoms with van der Waals surface area (Å²) in [5.74, 6) is 2.89. The van der Waals surface area contributed by atoms with E-state index in [2.05, 4.69) is 6.92 Å². The number of rotatable bonds is 13. The molecule has 3 aromatic rings. The molecule has 0 aliphatic carbocycles. The van der Waals surface area contributed by atoms with E-state index in [1.54, 1.807) is 12.1 Å². The molecule has 0 unspecified atom stereocenters. The van der Waals surface area contributed by atoms with E-state index in [1.165, 1.54) is 12.1 Å². The van der Waals surface area contributed by atoms with Crippen molar-refractivity contribution in [3.05, 3.63) is 78.4 Å². The molecule has 1 fully saturated rings. The molecule has 4 rings (SSSR count). The molecule has 3 aromatic carbocycles. The van der Waals surface area contributed by atoms with Crippen molar-refractivity contribution >= 4 is 16.2 Å². The molecule has 1 N–H and O–H groups in total. The van der Waals surface area contributed by atoms with E-state index in [0.29, 0.717) is 38.2 Å². The van der Waals surface area contributed by atoms with Gasteiger partial charge in [0.25, 0.3) is 0 Å². The van der Waals surface area contributed by atoms with E-state index >= 15 is 0 Å². The summed E-state index contributed by atoms with van der Waals surface area (Å²) in [4.78, 5) is 10.9. The average molecular weight is 556 g/mol. The maximum Gasteiger partial charge on any atom is 0.507 e. The van der Waals surface area contributed by atoms with Crippen molar-refractivity contribution in [2.45, 2.75) is 50.2 Å². The van der Waals surface area contributed by atoms with E-state index < -0.39 is 22.4 Å². The SMILES string of the molecule is CCCc1cc(Oc2ccccc2)ccc1OCCCOc1ccc(S(=O)(=O)N2CCC[C@H]2OC(=O)O)cc1. The highest BCUT2D eigenvalue weighted by Crippen LogP contribution is 2.30. The summed E-state index contributed by atoms with van der Waals surface area (Å²) in [5.41, 5.74) is 1.08. The molecule has 208 valence electrons. The van der Waals surface area contributed by atoms with Crippen molar-refractivity contribution in [3.63, 3.8) is 0 Å². The van der Waals surface area contributed by atoms with E-state index in [4.69, 9.17) is 24.1 Å². The van der Waals surface area contributed by atoms with Crippen molar-refractivity contribution in [1.29, 1.82) is 0 Å². The number of para-hydroxylation sites is 1. The molecule has 0 amide bonds. The first-order chi connectivity index (χ1) is 18.9. The Hall–Kier alpha value is -3.76. The molecule has 1 saturated heterocycles. The molecule has 1 aliphatic rings. The molecule has 9 nitrogen and oxygen atoms in total. The zero-order chi connectivity index (χ0) is 27.7. The smallest absolute Gasteiger partial charge is 0.493 e. The Morgan fingerprint density at radius 3 is 2.38 bits per heavy atom. The fourth-order valence-corrected chi connectivity index (χ4v) is 5.92. The minimum Gasteiger partial charge on any atom is -0.493 e. The highest BCUT2D eigenvalue weighted by atomic mass is 32.2. The van der Waals surface area contributed by atoms with Gasteiger partial charge in [0.2, 0.25) is 10.0 Å². The molecule has 10 heteroatoms. The van der Waals surface area contributed by atoms with Crippen LogP contribution in [0.1, 0.15) is 38.2 Å². The summed E-state index contributed by atoms with van der Waals surface area (Å²) in [6.07, 6.45) is 0.847. The van der Waals surface area contributed by atoms with Gasteiger partial charge in [0.05, 0.1) is 18.1 Å². The third-order valence-electron chi connectivity index (χ3n) is 6.16. The number of benzene rings is 3. The van der Waals surface area contributed by atoms with Gasteiger partial charge >= 0.3 is 6.16 Å². The molecule has 0 radical (unpaired) electrons. The van der Waals surface area contributed by atoms with Gasteiger partial charge < -0.3 is 24.1 Å². The first kappa shape index (κ1) is 28.3. The van der Waals surface area contributed by atoms with Crippen molar-refractivity contribution in [2.75, 3.05) is 19.8 Å². The normalized spacial score (nSPS) is 15.6. The Morgan fingerprint density at radius 1 is 0.949 bits per heavy atom. The minimum absolute atomic E-state index is 0.0576. The van der Waals surface area contributed by atoms with Gasteiger partial charge in [-0.1, -0.05) is 31.5 Å². The van der Waals surface area contributed by atoms with E-state index in [0.717, 1.165) is 40.0 Å². The Balaban J connectivity index is 1.26. The number of hydrogen-bond acceptors (Lipinski definition) is 7. The number of carboxylic acid groups (broad SMARTS) is 1. The number of hydrogen-bond donors (Lipinski definition) is 1. The maximum absolute atomic E-state index is 12.9. The van der Waals surface area contributed by atoms with Gasteiger partial charge in [0.1, 0.15) is 23.0 Å². The number of aryl methyl sites for hydroxylation is 1. The molecular formula is C29H33NO8S. The lowest BCUT2D eigenvalue weighted by Crippen LogP contribution is -2.38. The monoisotopic (exact) mass is 555 g/mol. The van der Waals surface area contributed by atoms with Crippen molar-refractivity contribution < 1.29 is 37.3 Å². The second-order valence-electron chi connectivity index (χ2n) is 9.05. The molecule has 1 heterocycles. The lowest BCUT2D eigenvalue weighted by Gasteiger charge is -2.22. The van der Waals surface area contributed by atoms with E-state index in [-0.39, 0.29) is 11.4 Å². The predicted octanol–water partition coefficient (Wildman–Crippen LogP) is 6.08. The summed E-state index contributed by atoms with van der Waals surface area (Å²) in [5, 5.41) is 8.87. The molecule has 0 spiro atoms. The number of carbonyl (C=O) groups is 1. The van der Waals surface area contributed by atoms with Crippen LogP contribution in [0.4, 0.5) is 4.79 Å². The average Bonchev–Trinajstić information content (AvgIpc) is 3.39. The van der Waals surface area contributed by atoms with Crippen LogP contribution in [0.5, 0.6) is 23.0 Å². The molecule has 0 bridgehead atoms. The Morgan fingerprint density at radius 2 is 1.67 bits per heavy atom. The van der Waals surface area contributed by atoms with Crippen LogP contribution in [0.25, 0.3) is 0 Å². The molecule has 39 heavy (non-hydrogen) atoms. The second-order valence-corrected chi connectivity index (χ2v) is 10.9. The minimum atomic E-state index is -3.88. The Labute approximate surface area is 228 Å². The van der Waals surface area contributed by atoms with Crippen LogP contribution in [0.2, 0.25) is 0 Å². The van der Waals surface area contributed by atoms with Crippen LogP contribution in [-0.2, 0) is 21.2 Å². The Kier molecular flexibility index (Phi) is 9.67. The molecular weight excluding hydrogens is 522 g/mol. The van der Waals surface area contributed by atoms with Crippen LogP contribution in [0, 0.1) is 0 Å². The van der Waals surface area contributed by atoms with Gasteiger partial charge in [-0.2, -0.15) is 4.31 Å². The molecule has 1 atom stereocenters. The lowest BCUT2D eigenvalue weighted by atomic mass is 10.1. The first-order valence-corrected chi connectivity index (χ1v) is 14.4. The highest BCUT2D eigenvalue weighted by molar-refractivity contribution is 7.89. The molecule has 1 aliphatic heterocycles. The van der Waals surface area contributed by atoms with Crippen molar-refractivity contribution in [2.24, 2.45) is 0 Å². The molecule has 0 aromatic heterocycles. The van der Waals surface area contributed by atoms with Crippen LogP contribution in [0.3, 0.4) is 0 Å². The van der Waals surface area contributed by atoms with Crippen LogP contribution < -0.4 is 14.2 Å². The zero-order valence-corrected chi connectivity index (χ0v) is 22.6. The topological polar surface area (TPSA) is 112 Å². The largest absolute Gasteiger partial charge is 0.507 e. The second kappa shape index (κ2) is 13.3. The summed E-state index contributed by atoms with van der Waals surface area (Å²) >= 11 is 0. The van der Waals surface area contributed by atoms with E-state index in [9.17, 15) is 13.2 Å². The maximum atomic E-state index is 12.9. The quantitative estimate of drug-likeness (QED) is 0.199. The zero-order valence-electron chi connectivity index (χ0n) is 21.8. The van der Waals surface area contributed by atoms with Gasteiger partial charge in [-0.3, -0.25) is 0 Å².